The highest BCUT2D eigenvalue weighted by Gasteiger charge is 2.33. The summed E-state index contributed by atoms with van der Waals surface area (Å²) in [6, 6.07) is 0.0617. The maximum absolute atomic E-state index is 11.2. The Bertz CT molecular complexity index is 353. The van der Waals surface area contributed by atoms with Crippen molar-refractivity contribution in [3.05, 3.63) is 0 Å². The molecule has 0 aliphatic carbocycles. The van der Waals surface area contributed by atoms with Crippen molar-refractivity contribution in [1.82, 2.24) is 5.32 Å². The van der Waals surface area contributed by atoms with Crippen molar-refractivity contribution in [2.24, 2.45) is 0 Å². The van der Waals surface area contributed by atoms with Gasteiger partial charge in [0.1, 0.15) is 15.4 Å². The normalized spacial score (nSPS) is 15.8. The average Bonchev–Trinajstić information content (AvgIpc) is 2.09. The van der Waals surface area contributed by atoms with Gasteiger partial charge >= 0.3 is 5.97 Å². The number of thioether (sulfide) groups is 1. The van der Waals surface area contributed by atoms with Gasteiger partial charge in [-0.2, -0.15) is 11.8 Å². The fourth-order valence-corrected chi connectivity index (χ4v) is 3.73. The first kappa shape index (κ1) is 16.7. The van der Waals surface area contributed by atoms with Gasteiger partial charge in [0.2, 0.25) is 0 Å². The van der Waals surface area contributed by atoms with E-state index in [0.717, 1.165) is 0 Å². The Balaban J connectivity index is 4.24. The second-order valence-electron chi connectivity index (χ2n) is 4.62. The lowest BCUT2D eigenvalue weighted by atomic mass is 10.1. The Hall–Kier alpha value is -0.270. The van der Waals surface area contributed by atoms with Crippen molar-refractivity contribution >= 4 is 27.6 Å². The summed E-state index contributed by atoms with van der Waals surface area (Å²) in [5.74, 6) is -0.0786. The summed E-state index contributed by atoms with van der Waals surface area (Å²) < 4.78 is 21.8. The van der Waals surface area contributed by atoms with Gasteiger partial charge in [-0.05, 0) is 20.8 Å². The van der Waals surface area contributed by atoms with Crippen LogP contribution >= 0.6 is 11.8 Å². The summed E-state index contributed by atoms with van der Waals surface area (Å²) in [4.78, 5) is 11.2. The van der Waals surface area contributed by atoms with E-state index in [0.29, 0.717) is 11.5 Å². The van der Waals surface area contributed by atoms with E-state index < -0.39 is 21.3 Å². The van der Waals surface area contributed by atoms with E-state index >= 15 is 0 Å². The van der Waals surface area contributed by atoms with Crippen LogP contribution < -0.4 is 5.32 Å². The first-order chi connectivity index (χ1) is 7.57. The van der Waals surface area contributed by atoms with Gasteiger partial charge in [-0.15, -0.1) is 0 Å². The molecule has 0 saturated heterocycles. The molecule has 0 bridgehead atoms. The topological polar surface area (TPSA) is 83.5 Å². The summed E-state index contributed by atoms with van der Waals surface area (Å²) in [5, 5.41) is 12.1. The zero-order valence-corrected chi connectivity index (χ0v) is 12.3. The van der Waals surface area contributed by atoms with Crippen LogP contribution in [0.4, 0.5) is 0 Å². The molecule has 0 amide bonds. The summed E-state index contributed by atoms with van der Waals surface area (Å²) in [7, 11) is -2.97. The van der Waals surface area contributed by atoms with E-state index in [2.05, 4.69) is 5.32 Å². The van der Waals surface area contributed by atoms with Crippen LogP contribution in [0.2, 0.25) is 0 Å². The molecule has 0 aromatic rings. The number of nitrogens with one attached hydrogen (secondary N) is 1. The SMILES string of the molecule is CC(C)NC(C)(CSCCS(C)(=O)=O)C(=O)O. The van der Waals surface area contributed by atoms with Crippen LogP contribution in [0.5, 0.6) is 0 Å². The molecule has 0 fully saturated rings. The Morgan fingerprint density at radius 2 is 2.00 bits per heavy atom. The maximum atomic E-state index is 11.2. The molecule has 0 aromatic carbocycles. The minimum Gasteiger partial charge on any atom is -0.480 e. The Labute approximate surface area is 107 Å². The lowest BCUT2D eigenvalue weighted by molar-refractivity contribution is -0.143. The average molecular weight is 283 g/mol. The lowest BCUT2D eigenvalue weighted by Gasteiger charge is -2.28. The second-order valence-corrected chi connectivity index (χ2v) is 7.98. The number of carbonyl (C=O) groups is 1. The molecule has 2 N–H and O–H groups in total. The van der Waals surface area contributed by atoms with E-state index in [4.69, 9.17) is 5.11 Å². The third kappa shape index (κ3) is 7.62. The van der Waals surface area contributed by atoms with Gasteiger partial charge in [0.25, 0.3) is 0 Å². The van der Waals surface area contributed by atoms with Crippen molar-refractivity contribution in [2.75, 3.05) is 23.5 Å². The molecule has 1 unspecified atom stereocenters. The minimum absolute atomic E-state index is 0.0617. The van der Waals surface area contributed by atoms with Crippen LogP contribution in [0, 0.1) is 0 Å². The monoisotopic (exact) mass is 283 g/mol. The summed E-state index contributed by atoms with van der Waals surface area (Å²) in [6.45, 7) is 5.37. The van der Waals surface area contributed by atoms with Crippen LogP contribution in [0.25, 0.3) is 0 Å². The van der Waals surface area contributed by atoms with Gasteiger partial charge in [-0.1, -0.05) is 0 Å². The van der Waals surface area contributed by atoms with Gasteiger partial charge in [0, 0.05) is 23.8 Å². The largest absolute Gasteiger partial charge is 0.480 e. The third-order valence-corrected chi connectivity index (χ3v) is 4.55. The van der Waals surface area contributed by atoms with Crippen LogP contribution in [0.15, 0.2) is 0 Å². The maximum Gasteiger partial charge on any atom is 0.324 e. The van der Waals surface area contributed by atoms with Gasteiger partial charge in [0.05, 0.1) is 5.75 Å². The van der Waals surface area contributed by atoms with Crippen molar-refractivity contribution in [1.29, 1.82) is 0 Å². The van der Waals surface area contributed by atoms with Crippen LogP contribution in [-0.2, 0) is 14.6 Å². The summed E-state index contributed by atoms with van der Waals surface area (Å²) in [5.41, 5.74) is -1.02. The van der Waals surface area contributed by atoms with Crippen LogP contribution in [0.3, 0.4) is 0 Å². The fraction of sp³-hybridized carbons (Fsp3) is 0.900. The van der Waals surface area contributed by atoms with Crippen molar-refractivity contribution < 1.29 is 18.3 Å². The zero-order chi connectivity index (χ0) is 13.7. The number of sulfone groups is 1. The highest BCUT2D eigenvalue weighted by atomic mass is 32.2. The molecule has 0 heterocycles. The quantitative estimate of drug-likeness (QED) is 0.635. The van der Waals surface area contributed by atoms with E-state index in [1.807, 2.05) is 13.8 Å². The predicted molar refractivity (Wildman–Crippen MR) is 71.3 cm³/mol. The molecule has 0 radical (unpaired) electrons. The smallest absolute Gasteiger partial charge is 0.324 e. The molecule has 5 nitrogen and oxygen atoms in total. The Morgan fingerprint density at radius 1 is 1.47 bits per heavy atom. The molecule has 0 aliphatic heterocycles. The van der Waals surface area contributed by atoms with Gasteiger partial charge in [-0.25, -0.2) is 8.42 Å². The fourth-order valence-electron chi connectivity index (χ4n) is 1.29. The number of aliphatic carboxylic acids is 1. The Morgan fingerprint density at radius 3 is 2.35 bits per heavy atom. The molecular formula is C10H21NO4S2. The molecule has 7 heteroatoms. The van der Waals surface area contributed by atoms with Gasteiger partial charge in [-0.3, -0.25) is 10.1 Å². The van der Waals surface area contributed by atoms with Crippen LogP contribution in [-0.4, -0.2) is 54.6 Å². The number of hydrogen-bond acceptors (Lipinski definition) is 5. The predicted octanol–water partition coefficient (Wildman–Crippen LogP) is 0.605. The highest BCUT2D eigenvalue weighted by molar-refractivity contribution is 8.00. The number of carboxylic acids is 1. The number of hydrogen-bond donors (Lipinski definition) is 2. The second kappa shape index (κ2) is 6.61. The molecule has 0 saturated carbocycles. The van der Waals surface area contributed by atoms with Crippen molar-refractivity contribution in [3.63, 3.8) is 0 Å². The molecule has 1 atom stereocenters. The Kier molecular flexibility index (Phi) is 6.50. The molecule has 17 heavy (non-hydrogen) atoms. The first-order valence-corrected chi connectivity index (χ1v) is 8.55. The van der Waals surface area contributed by atoms with Gasteiger partial charge < -0.3 is 5.11 Å². The molecule has 0 aliphatic rings. The van der Waals surface area contributed by atoms with E-state index in [1.54, 1.807) is 6.92 Å². The zero-order valence-electron chi connectivity index (χ0n) is 10.7. The van der Waals surface area contributed by atoms with Gasteiger partial charge in [0.15, 0.2) is 0 Å². The summed E-state index contributed by atoms with van der Waals surface area (Å²) in [6.07, 6.45) is 1.18. The number of rotatable bonds is 8. The first-order valence-electron chi connectivity index (χ1n) is 5.33. The van der Waals surface area contributed by atoms with E-state index in [-0.39, 0.29) is 11.8 Å². The van der Waals surface area contributed by atoms with E-state index in [9.17, 15) is 13.2 Å². The van der Waals surface area contributed by atoms with Crippen molar-refractivity contribution in [2.45, 2.75) is 32.4 Å². The molecular weight excluding hydrogens is 262 g/mol. The molecule has 0 rings (SSSR count). The standard InChI is InChI=1S/C10H21NO4S2/c1-8(2)11-10(3,9(12)13)7-16-5-6-17(4,14)15/h8,11H,5-7H2,1-4H3,(H,12,13). The van der Waals surface area contributed by atoms with Crippen molar-refractivity contribution in [3.8, 4) is 0 Å². The number of carboxylic acid groups (broad SMARTS) is 1. The molecule has 0 aromatic heterocycles. The van der Waals surface area contributed by atoms with Crippen LogP contribution in [0.1, 0.15) is 20.8 Å². The third-order valence-electron chi connectivity index (χ3n) is 2.07. The molecule has 102 valence electrons. The highest BCUT2D eigenvalue weighted by Crippen LogP contribution is 2.15. The molecule has 0 spiro atoms. The minimum atomic E-state index is -2.97. The lowest BCUT2D eigenvalue weighted by Crippen LogP contribution is -2.54. The summed E-state index contributed by atoms with van der Waals surface area (Å²) >= 11 is 1.33. The van der Waals surface area contributed by atoms with E-state index in [1.165, 1.54) is 18.0 Å².